The number of para-hydroxylation sites is 2. The molecule has 0 unspecified atom stereocenters. The average molecular weight is 472 g/mol. The first-order valence-electron chi connectivity index (χ1n) is 10.9. The van der Waals surface area contributed by atoms with Crippen LogP contribution in [0.1, 0.15) is 31.2 Å². The number of halogens is 1. The summed E-state index contributed by atoms with van der Waals surface area (Å²) < 4.78 is 14.2. The number of aryl methyl sites for hydroxylation is 1. The first-order chi connectivity index (χ1) is 16.4. The summed E-state index contributed by atoms with van der Waals surface area (Å²) in [5.41, 5.74) is 10.5. The van der Waals surface area contributed by atoms with E-state index in [2.05, 4.69) is 5.32 Å². The minimum Gasteiger partial charge on any atom is -0.399 e. The standard InChI is InChI=1S/C27H22FN3O2S/c1-16-5-4-7-21(28)24(16)30-26(32)23-15-18-13-14-31(27(33)17-9-11-19(29)12-10-17)22-8-3-2-6-20(22)25(18)34-23/h2-12,15H,13-14,29H2,1H3,(H,30,32). The van der Waals surface area contributed by atoms with Gasteiger partial charge in [0.25, 0.3) is 11.8 Å². The zero-order chi connectivity index (χ0) is 23.8. The van der Waals surface area contributed by atoms with Gasteiger partial charge in [0, 0.05) is 28.2 Å². The fourth-order valence-corrected chi connectivity index (χ4v) is 5.31. The maximum Gasteiger partial charge on any atom is 0.265 e. The number of nitrogen functional groups attached to an aromatic ring is 1. The molecule has 170 valence electrons. The number of fused-ring (bicyclic) bond motifs is 3. The third kappa shape index (κ3) is 3.95. The molecule has 3 aromatic carbocycles. The number of nitrogens with zero attached hydrogens (tertiary/aromatic N) is 1. The topological polar surface area (TPSA) is 75.4 Å². The molecular formula is C27H22FN3O2S. The van der Waals surface area contributed by atoms with Crippen LogP contribution in [0.4, 0.5) is 21.5 Å². The molecule has 0 atom stereocenters. The van der Waals surface area contributed by atoms with Crippen LogP contribution >= 0.6 is 11.3 Å². The van der Waals surface area contributed by atoms with E-state index < -0.39 is 5.82 Å². The maximum atomic E-state index is 14.2. The lowest BCUT2D eigenvalue weighted by Crippen LogP contribution is -2.32. The van der Waals surface area contributed by atoms with Gasteiger partial charge in [-0.1, -0.05) is 30.3 Å². The van der Waals surface area contributed by atoms with Crippen LogP contribution in [0.25, 0.3) is 10.4 Å². The second kappa shape index (κ2) is 8.76. The number of benzene rings is 3. The van der Waals surface area contributed by atoms with E-state index in [0.717, 1.165) is 21.7 Å². The molecule has 1 aliphatic heterocycles. The van der Waals surface area contributed by atoms with Crippen molar-refractivity contribution in [3.8, 4) is 10.4 Å². The van der Waals surface area contributed by atoms with Gasteiger partial charge < -0.3 is 16.0 Å². The van der Waals surface area contributed by atoms with Gasteiger partial charge in [0.05, 0.1) is 16.3 Å². The van der Waals surface area contributed by atoms with Crippen LogP contribution in [-0.4, -0.2) is 18.4 Å². The highest BCUT2D eigenvalue weighted by molar-refractivity contribution is 7.17. The largest absolute Gasteiger partial charge is 0.399 e. The summed E-state index contributed by atoms with van der Waals surface area (Å²) in [6.07, 6.45) is 0.591. The minimum absolute atomic E-state index is 0.101. The molecule has 4 aromatic rings. The Bertz CT molecular complexity index is 1390. The van der Waals surface area contributed by atoms with Gasteiger partial charge in [-0.2, -0.15) is 0 Å². The van der Waals surface area contributed by atoms with Crippen molar-refractivity contribution in [1.29, 1.82) is 0 Å². The first-order valence-corrected chi connectivity index (χ1v) is 11.7. The highest BCUT2D eigenvalue weighted by atomic mass is 32.1. The molecule has 0 radical (unpaired) electrons. The summed E-state index contributed by atoms with van der Waals surface area (Å²) >= 11 is 1.35. The summed E-state index contributed by atoms with van der Waals surface area (Å²) in [5, 5.41) is 2.72. The van der Waals surface area contributed by atoms with Crippen molar-refractivity contribution in [2.24, 2.45) is 0 Å². The summed E-state index contributed by atoms with van der Waals surface area (Å²) in [4.78, 5) is 29.5. The third-order valence-electron chi connectivity index (χ3n) is 5.94. The molecule has 5 nitrogen and oxygen atoms in total. The second-order valence-corrected chi connectivity index (χ2v) is 9.25. The van der Waals surface area contributed by atoms with Crippen molar-refractivity contribution in [3.05, 3.63) is 100 Å². The maximum absolute atomic E-state index is 14.2. The Morgan fingerprint density at radius 1 is 1.03 bits per heavy atom. The van der Waals surface area contributed by atoms with Crippen LogP contribution in [0.15, 0.2) is 72.8 Å². The van der Waals surface area contributed by atoms with Crippen LogP contribution in [-0.2, 0) is 6.42 Å². The molecule has 0 spiro atoms. The molecule has 0 saturated carbocycles. The number of carbonyl (C=O) groups is 2. The Hall–Kier alpha value is -3.97. The van der Waals surface area contributed by atoms with Crippen molar-refractivity contribution in [3.63, 3.8) is 0 Å². The highest BCUT2D eigenvalue weighted by Gasteiger charge is 2.27. The number of rotatable bonds is 3. The van der Waals surface area contributed by atoms with Gasteiger partial charge in [-0.05, 0) is 66.9 Å². The number of hydrogen-bond donors (Lipinski definition) is 2. The molecular weight excluding hydrogens is 449 g/mol. The van der Waals surface area contributed by atoms with Gasteiger partial charge in [0.15, 0.2) is 0 Å². The predicted octanol–water partition coefficient (Wildman–Crippen LogP) is 5.90. The second-order valence-electron chi connectivity index (χ2n) is 8.20. The average Bonchev–Trinajstić information content (AvgIpc) is 3.20. The molecule has 34 heavy (non-hydrogen) atoms. The summed E-state index contributed by atoms with van der Waals surface area (Å²) in [5.74, 6) is -0.914. The van der Waals surface area contributed by atoms with Crippen LogP contribution in [0.5, 0.6) is 0 Å². The van der Waals surface area contributed by atoms with Crippen LogP contribution in [0.3, 0.4) is 0 Å². The number of nitrogens with two attached hydrogens (primary N) is 1. The summed E-state index contributed by atoms with van der Waals surface area (Å²) in [7, 11) is 0. The fourth-order valence-electron chi connectivity index (χ4n) is 4.17. The number of thiophene rings is 1. The predicted molar refractivity (Wildman–Crippen MR) is 135 cm³/mol. The molecule has 0 fully saturated rings. The molecule has 5 rings (SSSR count). The lowest BCUT2D eigenvalue weighted by Gasteiger charge is -2.23. The van der Waals surface area contributed by atoms with Gasteiger partial charge in [-0.25, -0.2) is 4.39 Å². The van der Waals surface area contributed by atoms with E-state index in [1.54, 1.807) is 48.2 Å². The minimum atomic E-state index is -0.464. The molecule has 1 aromatic heterocycles. The quantitative estimate of drug-likeness (QED) is 0.365. The van der Waals surface area contributed by atoms with E-state index in [1.165, 1.54) is 17.4 Å². The Labute approximate surface area is 200 Å². The third-order valence-corrected chi connectivity index (χ3v) is 7.15. The van der Waals surface area contributed by atoms with Crippen molar-refractivity contribution in [2.45, 2.75) is 13.3 Å². The molecule has 2 heterocycles. The van der Waals surface area contributed by atoms with Gasteiger partial charge in [-0.15, -0.1) is 11.3 Å². The molecule has 1 aliphatic rings. The van der Waals surface area contributed by atoms with Crippen molar-refractivity contribution in [2.75, 3.05) is 22.5 Å². The zero-order valence-electron chi connectivity index (χ0n) is 18.5. The van der Waals surface area contributed by atoms with E-state index in [9.17, 15) is 14.0 Å². The van der Waals surface area contributed by atoms with Gasteiger partial charge >= 0.3 is 0 Å². The smallest absolute Gasteiger partial charge is 0.265 e. The van der Waals surface area contributed by atoms with Crippen molar-refractivity contribution in [1.82, 2.24) is 0 Å². The zero-order valence-corrected chi connectivity index (χ0v) is 19.3. The molecule has 0 aliphatic carbocycles. The number of nitrogens with one attached hydrogen (secondary N) is 1. The van der Waals surface area contributed by atoms with Crippen LogP contribution in [0, 0.1) is 12.7 Å². The Kier molecular flexibility index (Phi) is 5.63. The monoisotopic (exact) mass is 471 g/mol. The Morgan fingerprint density at radius 2 is 1.79 bits per heavy atom. The van der Waals surface area contributed by atoms with E-state index >= 15 is 0 Å². The lowest BCUT2D eigenvalue weighted by atomic mass is 10.1. The van der Waals surface area contributed by atoms with Gasteiger partial charge in [-0.3, -0.25) is 9.59 Å². The first kappa shape index (κ1) is 21.9. The summed E-state index contributed by atoms with van der Waals surface area (Å²) in [6.45, 7) is 2.22. The molecule has 0 saturated heterocycles. The van der Waals surface area contributed by atoms with E-state index in [0.29, 0.717) is 34.7 Å². The number of anilines is 3. The normalized spacial score (nSPS) is 12.5. The van der Waals surface area contributed by atoms with Crippen molar-refractivity contribution < 1.29 is 14.0 Å². The SMILES string of the molecule is Cc1cccc(F)c1NC(=O)c1cc2c(s1)-c1ccccc1N(C(=O)c1ccc(N)cc1)CC2. The van der Waals surface area contributed by atoms with Crippen molar-refractivity contribution >= 4 is 40.2 Å². The lowest BCUT2D eigenvalue weighted by molar-refractivity contribution is 0.0985. The molecule has 3 N–H and O–H groups in total. The van der Waals surface area contributed by atoms with Gasteiger partial charge in [0.2, 0.25) is 0 Å². The van der Waals surface area contributed by atoms with E-state index in [1.807, 2.05) is 30.3 Å². The van der Waals surface area contributed by atoms with E-state index in [4.69, 9.17) is 5.73 Å². The van der Waals surface area contributed by atoms with E-state index in [-0.39, 0.29) is 17.5 Å². The molecule has 2 amide bonds. The van der Waals surface area contributed by atoms with Crippen LogP contribution < -0.4 is 16.0 Å². The Balaban J connectivity index is 1.49. The Morgan fingerprint density at radius 3 is 2.56 bits per heavy atom. The number of carbonyl (C=O) groups excluding carboxylic acids is 2. The van der Waals surface area contributed by atoms with Crippen LogP contribution in [0.2, 0.25) is 0 Å². The number of amides is 2. The fraction of sp³-hybridized carbons (Fsp3) is 0.111. The highest BCUT2D eigenvalue weighted by Crippen LogP contribution is 2.42. The number of hydrogen-bond acceptors (Lipinski definition) is 4. The molecule has 7 heteroatoms. The summed E-state index contributed by atoms with van der Waals surface area (Å²) in [6, 6.07) is 21.1. The molecule has 0 bridgehead atoms. The van der Waals surface area contributed by atoms with Gasteiger partial charge in [0.1, 0.15) is 5.82 Å².